The van der Waals surface area contributed by atoms with Gasteiger partial charge in [-0.05, 0) is 52.4 Å². The quantitative estimate of drug-likeness (QED) is 0.401. The standard InChI is InChI=1S/C18H35BO2/c1-7-9-11-13-15-16(14-12-10-8-2)19-20-17(3,4)18(5,6)21-19/h15H,7-14H2,1-6H3/b16-15+. The first-order valence-corrected chi connectivity index (χ1v) is 8.88. The summed E-state index contributed by atoms with van der Waals surface area (Å²) in [5.74, 6) is 0. The first-order chi connectivity index (χ1) is 9.84. The Balaban J connectivity index is 2.68. The van der Waals surface area contributed by atoms with Crippen molar-refractivity contribution in [1.29, 1.82) is 0 Å². The van der Waals surface area contributed by atoms with Crippen LogP contribution in [0.4, 0.5) is 0 Å². The van der Waals surface area contributed by atoms with Gasteiger partial charge in [0.15, 0.2) is 0 Å². The lowest BCUT2D eigenvalue weighted by Crippen LogP contribution is -2.41. The number of rotatable bonds is 9. The normalized spacial score (nSPS) is 21.0. The Morgan fingerprint density at radius 3 is 1.90 bits per heavy atom. The predicted molar refractivity (Wildman–Crippen MR) is 92.4 cm³/mol. The molecule has 0 aromatic rings. The van der Waals surface area contributed by atoms with Gasteiger partial charge in [0.2, 0.25) is 0 Å². The summed E-state index contributed by atoms with van der Waals surface area (Å²) in [5.41, 5.74) is 0.897. The monoisotopic (exact) mass is 294 g/mol. The van der Waals surface area contributed by atoms with E-state index in [2.05, 4.69) is 47.6 Å². The molecule has 0 unspecified atom stereocenters. The molecule has 1 rings (SSSR count). The largest absolute Gasteiger partial charge is 0.490 e. The van der Waals surface area contributed by atoms with E-state index in [-0.39, 0.29) is 18.3 Å². The summed E-state index contributed by atoms with van der Waals surface area (Å²) in [5, 5.41) is 0. The minimum Gasteiger partial charge on any atom is -0.400 e. The van der Waals surface area contributed by atoms with Gasteiger partial charge in [0.1, 0.15) is 0 Å². The molecule has 21 heavy (non-hydrogen) atoms. The third-order valence-electron chi connectivity index (χ3n) is 4.84. The van der Waals surface area contributed by atoms with Crippen molar-refractivity contribution in [1.82, 2.24) is 0 Å². The molecule has 1 saturated heterocycles. The molecule has 0 aromatic heterocycles. The number of hydrogen-bond acceptors (Lipinski definition) is 2. The Kier molecular flexibility index (Phi) is 7.49. The molecule has 0 saturated carbocycles. The second kappa shape index (κ2) is 8.38. The van der Waals surface area contributed by atoms with Crippen LogP contribution in [0.1, 0.15) is 92.9 Å². The first-order valence-electron chi connectivity index (χ1n) is 8.88. The van der Waals surface area contributed by atoms with E-state index >= 15 is 0 Å². The van der Waals surface area contributed by atoms with Crippen LogP contribution in [-0.2, 0) is 9.31 Å². The van der Waals surface area contributed by atoms with Crippen LogP contribution in [0.3, 0.4) is 0 Å². The highest BCUT2D eigenvalue weighted by Gasteiger charge is 2.52. The third-order valence-corrected chi connectivity index (χ3v) is 4.84. The lowest BCUT2D eigenvalue weighted by molar-refractivity contribution is 0.00578. The van der Waals surface area contributed by atoms with Gasteiger partial charge in [-0.1, -0.05) is 52.0 Å². The van der Waals surface area contributed by atoms with Crippen molar-refractivity contribution >= 4 is 7.12 Å². The SMILES string of the molecule is CCCCC/C=C(\CCCCC)B1OC(C)(C)C(C)(C)O1. The Morgan fingerprint density at radius 1 is 0.857 bits per heavy atom. The molecule has 0 amide bonds. The van der Waals surface area contributed by atoms with Gasteiger partial charge in [-0.15, -0.1) is 0 Å². The summed E-state index contributed by atoms with van der Waals surface area (Å²) in [7, 11) is -0.145. The summed E-state index contributed by atoms with van der Waals surface area (Å²) in [6.45, 7) is 13.0. The van der Waals surface area contributed by atoms with Crippen molar-refractivity contribution in [2.45, 2.75) is 104 Å². The van der Waals surface area contributed by atoms with Crippen LogP contribution in [0, 0.1) is 0 Å². The van der Waals surface area contributed by atoms with Crippen molar-refractivity contribution in [3.05, 3.63) is 11.5 Å². The molecule has 1 aliphatic rings. The van der Waals surface area contributed by atoms with Crippen LogP contribution in [0.2, 0.25) is 0 Å². The first kappa shape index (κ1) is 18.8. The molecule has 0 spiro atoms. The van der Waals surface area contributed by atoms with Crippen molar-refractivity contribution in [2.24, 2.45) is 0 Å². The maximum absolute atomic E-state index is 6.22. The van der Waals surface area contributed by atoms with Crippen LogP contribution in [0.25, 0.3) is 0 Å². The summed E-state index contributed by atoms with van der Waals surface area (Å²) in [4.78, 5) is 0. The molecule has 0 aliphatic carbocycles. The molecule has 3 heteroatoms. The number of hydrogen-bond donors (Lipinski definition) is 0. The summed E-state index contributed by atoms with van der Waals surface area (Å²) in [6.07, 6.45) is 12.3. The fraction of sp³-hybridized carbons (Fsp3) is 0.889. The van der Waals surface area contributed by atoms with Gasteiger partial charge in [-0.25, -0.2) is 0 Å². The predicted octanol–water partition coefficient (Wildman–Crippen LogP) is 5.70. The third kappa shape index (κ3) is 5.45. The topological polar surface area (TPSA) is 18.5 Å². The molecular weight excluding hydrogens is 259 g/mol. The fourth-order valence-corrected chi connectivity index (χ4v) is 2.57. The minimum atomic E-state index is -0.231. The van der Waals surface area contributed by atoms with E-state index in [0.717, 1.165) is 12.8 Å². The fourth-order valence-electron chi connectivity index (χ4n) is 2.57. The maximum atomic E-state index is 6.22. The van der Waals surface area contributed by atoms with E-state index in [1.165, 1.54) is 44.0 Å². The zero-order valence-corrected chi connectivity index (χ0v) is 15.1. The molecule has 0 radical (unpaired) electrons. The van der Waals surface area contributed by atoms with E-state index in [1.54, 1.807) is 0 Å². The molecule has 0 atom stereocenters. The summed E-state index contributed by atoms with van der Waals surface area (Å²) < 4.78 is 12.4. The zero-order valence-electron chi connectivity index (χ0n) is 15.1. The molecule has 122 valence electrons. The van der Waals surface area contributed by atoms with E-state index in [1.807, 2.05) is 0 Å². The molecule has 0 N–H and O–H groups in total. The van der Waals surface area contributed by atoms with Gasteiger partial charge in [-0.2, -0.15) is 0 Å². The summed E-state index contributed by atoms with van der Waals surface area (Å²) in [6, 6.07) is 0. The molecule has 1 aliphatic heterocycles. The minimum absolute atomic E-state index is 0.145. The van der Waals surface area contributed by atoms with Gasteiger partial charge in [0.25, 0.3) is 0 Å². The van der Waals surface area contributed by atoms with Gasteiger partial charge in [0.05, 0.1) is 11.2 Å². The molecule has 2 nitrogen and oxygen atoms in total. The maximum Gasteiger partial charge on any atom is 0.490 e. The van der Waals surface area contributed by atoms with E-state index in [4.69, 9.17) is 9.31 Å². The molecule has 0 bridgehead atoms. The van der Waals surface area contributed by atoms with Crippen LogP contribution in [-0.4, -0.2) is 18.3 Å². The van der Waals surface area contributed by atoms with E-state index < -0.39 is 0 Å². The molecular formula is C18H35BO2. The molecule has 0 aromatic carbocycles. The highest BCUT2D eigenvalue weighted by atomic mass is 16.7. The van der Waals surface area contributed by atoms with Gasteiger partial charge in [-0.3, -0.25) is 0 Å². The van der Waals surface area contributed by atoms with Crippen molar-refractivity contribution in [2.75, 3.05) is 0 Å². The van der Waals surface area contributed by atoms with Crippen LogP contribution in [0.15, 0.2) is 11.5 Å². The Labute approximate surface area is 132 Å². The smallest absolute Gasteiger partial charge is 0.400 e. The highest BCUT2D eigenvalue weighted by Crippen LogP contribution is 2.39. The molecule has 1 fully saturated rings. The second-order valence-electron chi connectivity index (χ2n) is 7.32. The highest BCUT2D eigenvalue weighted by molar-refractivity contribution is 6.54. The van der Waals surface area contributed by atoms with Gasteiger partial charge in [0, 0.05) is 0 Å². The van der Waals surface area contributed by atoms with Crippen LogP contribution < -0.4 is 0 Å². The van der Waals surface area contributed by atoms with E-state index in [9.17, 15) is 0 Å². The van der Waals surface area contributed by atoms with Gasteiger partial charge >= 0.3 is 7.12 Å². The van der Waals surface area contributed by atoms with Crippen LogP contribution in [0.5, 0.6) is 0 Å². The van der Waals surface area contributed by atoms with E-state index in [0.29, 0.717) is 0 Å². The lowest BCUT2D eigenvalue weighted by Gasteiger charge is -2.32. The van der Waals surface area contributed by atoms with Gasteiger partial charge < -0.3 is 9.31 Å². The average molecular weight is 294 g/mol. The lowest BCUT2D eigenvalue weighted by atomic mass is 9.74. The second-order valence-corrected chi connectivity index (χ2v) is 7.32. The van der Waals surface area contributed by atoms with Crippen molar-refractivity contribution in [3.8, 4) is 0 Å². The Hall–Kier alpha value is -0.275. The Bertz CT molecular complexity index is 318. The average Bonchev–Trinajstić information content (AvgIpc) is 2.61. The molecule has 1 heterocycles. The Morgan fingerprint density at radius 2 is 1.38 bits per heavy atom. The zero-order chi connectivity index (χ0) is 15.9. The number of allylic oxidation sites excluding steroid dienone is 2. The summed E-state index contributed by atoms with van der Waals surface area (Å²) >= 11 is 0. The van der Waals surface area contributed by atoms with Crippen molar-refractivity contribution in [3.63, 3.8) is 0 Å². The van der Waals surface area contributed by atoms with Crippen molar-refractivity contribution < 1.29 is 9.31 Å². The number of unbranched alkanes of at least 4 members (excludes halogenated alkanes) is 5. The van der Waals surface area contributed by atoms with Crippen LogP contribution >= 0.6 is 0 Å².